The Balaban J connectivity index is 1.41. The lowest BCUT2D eigenvalue weighted by Crippen LogP contribution is -2.38. The van der Waals surface area contributed by atoms with Crippen molar-refractivity contribution in [3.63, 3.8) is 0 Å². The highest BCUT2D eigenvalue weighted by Crippen LogP contribution is 2.47. The van der Waals surface area contributed by atoms with Crippen molar-refractivity contribution >= 4 is 5.91 Å². The quantitative estimate of drug-likeness (QED) is 0.572. The van der Waals surface area contributed by atoms with E-state index in [1.54, 1.807) is 17.0 Å². The maximum absolute atomic E-state index is 13.6. The summed E-state index contributed by atoms with van der Waals surface area (Å²) < 4.78 is 15.3. The van der Waals surface area contributed by atoms with Crippen LogP contribution in [0, 0.1) is 11.7 Å². The van der Waals surface area contributed by atoms with Crippen LogP contribution >= 0.6 is 0 Å². The molecule has 2 aromatic carbocycles. The summed E-state index contributed by atoms with van der Waals surface area (Å²) in [7, 11) is 0. The van der Waals surface area contributed by atoms with Crippen molar-refractivity contribution in [1.82, 2.24) is 14.7 Å². The zero-order valence-electron chi connectivity index (χ0n) is 18.7. The van der Waals surface area contributed by atoms with Crippen LogP contribution in [0.1, 0.15) is 42.5 Å². The molecule has 0 spiro atoms. The van der Waals surface area contributed by atoms with Gasteiger partial charge in [0.25, 0.3) is 0 Å². The van der Waals surface area contributed by atoms with Gasteiger partial charge < -0.3 is 10.0 Å². The Bertz CT molecular complexity index is 1180. The molecule has 1 N–H and O–H groups in total. The molecule has 0 saturated carbocycles. The first kappa shape index (κ1) is 21.6. The van der Waals surface area contributed by atoms with Gasteiger partial charge in [-0.05, 0) is 42.7 Å². The van der Waals surface area contributed by atoms with Gasteiger partial charge in [0, 0.05) is 31.0 Å². The van der Waals surface area contributed by atoms with Gasteiger partial charge in [0.05, 0.1) is 30.1 Å². The maximum atomic E-state index is 13.6. The lowest BCUT2D eigenvalue weighted by molar-refractivity contribution is -0.135. The molecule has 0 aliphatic heterocycles. The average Bonchev–Trinajstić information content (AvgIpc) is 3.45. The van der Waals surface area contributed by atoms with Gasteiger partial charge >= 0.3 is 0 Å². The Kier molecular flexibility index (Phi) is 5.85. The summed E-state index contributed by atoms with van der Waals surface area (Å²) in [6.07, 6.45) is 4.35. The summed E-state index contributed by atoms with van der Waals surface area (Å²) in [6.45, 7) is 2.93. The summed E-state index contributed by atoms with van der Waals surface area (Å²) >= 11 is 0. The maximum Gasteiger partial charge on any atom is 0.230 e. The van der Waals surface area contributed by atoms with E-state index in [1.807, 2.05) is 41.2 Å². The van der Waals surface area contributed by atoms with Crippen molar-refractivity contribution in [3.8, 4) is 5.69 Å². The minimum absolute atomic E-state index is 0.0542. The molecule has 33 heavy (non-hydrogen) atoms. The molecule has 5 rings (SSSR count). The third-order valence-electron chi connectivity index (χ3n) is 7.00. The van der Waals surface area contributed by atoms with Gasteiger partial charge in [0.1, 0.15) is 5.82 Å². The highest BCUT2D eigenvalue weighted by atomic mass is 19.1. The number of aliphatic hydroxyl groups is 1. The summed E-state index contributed by atoms with van der Waals surface area (Å²) in [5.41, 5.74) is 6.71. The van der Waals surface area contributed by atoms with Crippen LogP contribution in [0.15, 0.2) is 71.9 Å². The van der Waals surface area contributed by atoms with Crippen molar-refractivity contribution in [1.29, 1.82) is 0 Å². The number of carbonyl (C=O) groups is 1. The van der Waals surface area contributed by atoms with E-state index in [2.05, 4.69) is 12.0 Å². The van der Waals surface area contributed by atoms with Gasteiger partial charge in [-0.25, -0.2) is 9.07 Å². The van der Waals surface area contributed by atoms with Crippen LogP contribution in [-0.4, -0.2) is 38.8 Å². The van der Waals surface area contributed by atoms with E-state index in [-0.39, 0.29) is 30.2 Å². The second-order valence-corrected chi connectivity index (χ2v) is 8.95. The third kappa shape index (κ3) is 4.00. The average molecular weight is 446 g/mol. The molecule has 0 fully saturated rings. The number of nitrogens with zero attached hydrogens (tertiary/aromatic N) is 3. The lowest BCUT2D eigenvalue weighted by Gasteiger charge is -2.30. The highest BCUT2D eigenvalue weighted by molar-refractivity contribution is 5.83. The first-order chi connectivity index (χ1) is 16.1. The largest absolute Gasteiger partial charge is 0.395 e. The van der Waals surface area contributed by atoms with E-state index in [0.29, 0.717) is 13.1 Å². The number of amides is 1. The van der Waals surface area contributed by atoms with Gasteiger partial charge in [0.2, 0.25) is 5.91 Å². The number of aromatic nitrogens is 2. The van der Waals surface area contributed by atoms with Gasteiger partial charge in [-0.15, -0.1) is 0 Å². The Morgan fingerprint density at radius 1 is 1.18 bits per heavy atom. The first-order valence-corrected chi connectivity index (χ1v) is 11.5. The molecule has 2 aliphatic rings. The molecule has 2 aliphatic carbocycles. The fourth-order valence-corrected chi connectivity index (χ4v) is 5.43. The van der Waals surface area contributed by atoms with E-state index in [4.69, 9.17) is 0 Å². The molecule has 0 unspecified atom stereocenters. The zero-order valence-corrected chi connectivity index (χ0v) is 18.7. The highest BCUT2D eigenvalue weighted by Gasteiger charge is 2.40. The Morgan fingerprint density at radius 3 is 2.67 bits per heavy atom. The zero-order chi connectivity index (χ0) is 22.9. The molecule has 1 heterocycles. The topological polar surface area (TPSA) is 58.4 Å². The number of allylic oxidation sites excluding steroid dienone is 1. The van der Waals surface area contributed by atoms with Crippen LogP contribution in [0.2, 0.25) is 0 Å². The van der Waals surface area contributed by atoms with Crippen molar-refractivity contribution in [3.05, 3.63) is 94.6 Å². The molecule has 0 radical (unpaired) electrons. The summed E-state index contributed by atoms with van der Waals surface area (Å²) in [5, 5.41) is 14.2. The molecule has 0 saturated heterocycles. The number of hydrogen-bond acceptors (Lipinski definition) is 3. The molecule has 2 atom stereocenters. The van der Waals surface area contributed by atoms with E-state index in [0.717, 1.165) is 41.8 Å². The van der Waals surface area contributed by atoms with Crippen molar-refractivity contribution in [2.24, 2.45) is 5.92 Å². The number of benzene rings is 2. The molecule has 0 bridgehead atoms. The third-order valence-corrected chi connectivity index (χ3v) is 7.00. The summed E-state index contributed by atoms with van der Waals surface area (Å²) in [5.74, 6) is -0.230. The molecule has 1 aromatic heterocycles. The van der Waals surface area contributed by atoms with Gasteiger partial charge in [-0.3, -0.25) is 4.79 Å². The minimum Gasteiger partial charge on any atom is -0.395 e. The smallest absolute Gasteiger partial charge is 0.230 e. The number of rotatable bonds is 6. The molecule has 1 amide bonds. The SMILES string of the molecule is C[C@@H]1C2=C(CC[C@H]2C(=O)N(CCO)Cc2ccccc2)Cc2c1cnn2-c1ccc(F)cc1. The molecule has 6 heteroatoms. The lowest BCUT2D eigenvalue weighted by atomic mass is 9.79. The van der Waals surface area contributed by atoms with E-state index < -0.39 is 0 Å². The second kappa shape index (κ2) is 8.94. The fourth-order valence-electron chi connectivity index (χ4n) is 5.43. The van der Waals surface area contributed by atoms with Crippen LogP contribution in [0.4, 0.5) is 4.39 Å². The number of hydrogen-bond donors (Lipinski definition) is 1. The normalized spacial score (nSPS) is 19.4. The standard InChI is InChI=1S/C27H28FN3O2/c1-18-24-16-29-31(22-10-8-21(28)9-11-22)25(24)15-20-7-12-23(26(18)20)27(33)30(13-14-32)17-19-5-3-2-4-6-19/h2-6,8-11,16,18,23,32H,7,12-15,17H2,1H3/t18-,23+/m0/s1. The van der Waals surface area contributed by atoms with Gasteiger partial charge in [0.15, 0.2) is 0 Å². The van der Waals surface area contributed by atoms with Crippen LogP contribution in [0.5, 0.6) is 0 Å². The predicted octanol–water partition coefficient (Wildman–Crippen LogP) is 4.40. The van der Waals surface area contributed by atoms with E-state index >= 15 is 0 Å². The molecule has 3 aromatic rings. The molecule has 5 nitrogen and oxygen atoms in total. The van der Waals surface area contributed by atoms with Crippen LogP contribution in [0.25, 0.3) is 5.69 Å². The van der Waals surface area contributed by atoms with Gasteiger partial charge in [-0.1, -0.05) is 48.4 Å². The number of halogens is 1. The van der Waals surface area contributed by atoms with Gasteiger partial charge in [-0.2, -0.15) is 5.10 Å². The fraction of sp³-hybridized carbons (Fsp3) is 0.333. The Morgan fingerprint density at radius 2 is 1.94 bits per heavy atom. The Labute approximate surface area is 193 Å². The monoisotopic (exact) mass is 445 g/mol. The molecule has 170 valence electrons. The number of carbonyl (C=O) groups excluding carboxylic acids is 1. The molecular weight excluding hydrogens is 417 g/mol. The Hall–Kier alpha value is -3.25. The number of fused-ring (bicyclic) bond motifs is 1. The van der Waals surface area contributed by atoms with Crippen molar-refractivity contribution in [2.75, 3.05) is 13.2 Å². The first-order valence-electron chi connectivity index (χ1n) is 11.5. The number of aliphatic hydroxyl groups excluding tert-OH is 1. The van der Waals surface area contributed by atoms with E-state index in [1.165, 1.54) is 23.3 Å². The van der Waals surface area contributed by atoms with Crippen LogP contribution in [-0.2, 0) is 17.8 Å². The summed E-state index contributed by atoms with van der Waals surface area (Å²) in [6, 6.07) is 16.3. The van der Waals surface area contributed by atoms with Crippen molar-refractivity contribution < 1.29 is 14.3 Å². The van der Waals surface area contributed by atoms with E-state index in [9.17, 15) is 14.3 Å². The van der Waals surface area contributed by atoms with Crippen LogP contribution in [0.3, 0.4) is 0 Å². The minimum atomic E-state index is -0.266. The summed E-state index contributed by atoms with van der Waals surface area (Å²) in [4.78, 5) is 15.4. The van der Waals surface area contributed by atoms with Crippen LogP contribution < -0.4 is 0 Å². The van der Waals surface area contributed by atoms with Crippen molar-refractivity contribution in [2.45, 2.75) is 38.6 Å². The predicted molar refractivity (Wildman–Crippen MR) is 124 cm³/mol. The second-order valence-electron chi connectivity index (χ2n) is 8.95. The molecular formula is C27H28FN3O2.